The predicted octanol–water partition coefficient (Wildman–Crippen LogP) is 3.19. The van der Waals surface area contributed by atoms with Crippen LogP contribution in [0.4, 0.5) is 0 Å². The van der Waals surface area contributed by atoms with Crippen molar-refractivity contribution in [3.8, 4) is 0 Å². The molecule has 1 aromatic heterocycles. The third-order valence-corrected chi connectivity index (χ3v) is 6.70. The topological polar surface area (TPSA) is 59.7 Å². The molecule has 6 heteroatoms. The monoisotopic (exact) mass is 416 g/mol. The highest BCUT2D eigenvalue weighted by molar-refractivity contribution is 6.01. The summed E-state index contributed by atoms with van der Waals surface area (Å²) in [6.45, 7) is 5.80. The minimum atomic E-state index is -0.180. The Bertz CT molecular complexity index is 1140. The summed E-state index contributed by atoms with van der Waals surface area (Å²) in [5.74, 6) is 0.141. The van der Waals surface area contributed by atoms with Gasteiger partial charge in [0.25, 0.3) is 5.91 Å². The summed E-state index contributed by atoms with van der Waals surface area (Å²) in [7, 11) is 2.08. The Morgan fingerprint density at radius 3 is 2.55 bits per heavy atom. The summed E-state index contributed by atoms with van der Waals surface area (Å²) in [6.07, 6.45) is 0.349. The fourth-order valence-corrected chi connectivity index (χ4v) is 4.99. The van der Waals surface area contributed by atoms with Crippen LogP contribution < -0.4 is 0 Å². The van der Waals surface area contributed by atoms with Crippen LogP contribution in [-0.4, -0.2) is 71.3 Å². The zero-order chi connectivity index (χ0) is 21.5. The highest BCUT2D eigenvalue weighted by Gasteiger charge is 2.39. The lowest BCUT2D eigenvalue weighted by Gasteiger charge is -2.33. The Morgan fingerprint density at radius 2 is 1.74 bits per heavy atom. The van der Waals surface area contributed by atoms with Crippen molar-refractivity contribution in [3.63, 3.8) is 0 Å². The molecule has 0 saturated carbocycles. The first-order valence-electron chi connectivity index (χ1n) is 11.0. The number of para-hydroxylation sites is 1. The predicted molar refractivity (Wildman–Crippen MR) is 121 cm³/mol. The number of piperazine rings is 1. The summed E-state index contributed by atoms with van der Waals surface area (Å²) < 4.78 is 0. The van der Waals surface area contributed by atoms with Crippen molar-refractivity contribution in [3.05, 3.63) is 70.9 Å². The quantitative estimate of drug-likeness (QED) is 0.711. The molecule has 2 aliphatic heterocycles. The number of aryl methyl sites for hydroxylation is 1. The third-order valence-electron chi connectivity index (χ3n) is 6.70. The van der Waals surface area contributed by atoms with Gasteiger partial charge in [-0.3, -0.25) is 9.59 Å². The van der Waals surface area contributed by atoms with E-state index in [-0.39, 0.29) is 17.9 Å². The molecular formula is C25H28N4O2. The molecule has 1 N–H and O–H groups in total. The lowest BCUT2D eigenvalue weighted by molar-refractivity contribution is -0.133. The van der Waals surface area contributed by atoms with Crippen molar-refractivity contribution in [1.29, 1.82) is 0 Å². The van der Waals surface area contributed by atoms with E-state index < -0.39 is 0 Å². The molecule has 3 aromatic rings. The number of likely N-dealkylation sites (N-methyl/N-ethyl adjacent to an activating group) is 1. The number of carbonyl (C=O) groups is 2. The molecule has 0 radical (unpaired) electrons. The lowest BCUT2D eigenvalue weighted by Crippen LogP contribution is -2.47. The summed E-state index contributed by atoms with van der Waals surface area (Å²) >= 11 is 0. The van der Waals surface area contributed by atoms with Crippen LogP contribution in [0.15, 0.2) is 48.5 Å². The molecule has 2 aromatic carbocycles. The number of aromatic nitrogens is 1. The molecule has 0 bridgehead atoms. The summed E-state index contributed by atoms with van der Waals surface area (Å²) in [4.78, 5) is 35.8. The number of carbonyl (C=O) groups excluding carboxylic acids is 2. The molecule has 0 spiro atoms. The number of fused-ring (bicyclic) bond motifs is 2. The largest absolute Gasteiger partial charge is 0.358 e. The second-order valence-electron chi connectivity index (χ2n) is 8.63. The first-order valence-corrected chi connectivity index (χ1v) is 11.0. The number of amides is 2. The fourth-order valence-electron chi connectivity index (χ4n) is 4.99. The Hall–Kier alpha value is -3.12. The van der Waals surface area contributed by atoms with Crippen LogP contribution >= 0.6 is 0 Å². The second kappa shape index (κ2) is 7.85. The molecule has 0 unspecified atom stereocenters. The summed E-state index contributed by atoms with van der Waals surface area (Å²) in [5, 5.41) is 1.13. The van der Waals surface area contributed by atoms with Gasteiger partial charge in [-0.05, 0) is 31.7 Å². The van der Waals surface area contributed by atoms with Gasteiger partial charge in [0.15, 0.2) is 0 Å². The van der Waals surface area contributed by atoms with E-state index in [1.165, 1.54) is 0 Å². The van der Waals surface area contributed by atoms with Gasteiger partial charge in [0.05, 0.1) is 6.04 Å². The van der Waals surface area contributed by atoms with Crippen molar-refractivity contribution >= 4 is 22.7 Å². The van der Waals surface area contributed by atoms with Crippen molar-refractivity contribution in [1.82, 2.24) is 19.7 Å². The summed E-state index contributed by atoms with van der Waals surface area (Å²) in [6, 6.07) is 15.9. The molecule has 0 aliphatic carbocycles. The maximum Gasteiger partial charge on any atom is 0.255 e. The molecular weight excluding hydrogens is 388 g/mol. The molecule has 1 fully saturated rings. The standard InChI is InChI=1S/C25H28N4O2/c1-17-23(20-9-5-6-10-21(20)26-17)24-18-7-3-4-8-19(18)25(31)29(24)12-11-22(30)28-15-13-27(2)14-16-28/h3-10,24,26H,11-16H2,1-2H3/t24-/m0/s1. The maximum absolute atomic E-state index is 13.4. The van der Waals surface area contributed by atoms with Crippen LogP contribution in [0.2, 0.25) is 0 Å². The Balaban J connectivity index is 1.46. The molecule has 6 nitrogen and oxygen atoms in total. The van der Waals surface area contributed by atoms with Gasteiger partial charge < -0.3 is 19.7 Å². The van der Waals surface area contributed by atoms with E-state index in [0.717, 1.165) is 59.5 Å². The van der Waals surface area contributed by atoms with Crippen LogP contribution in [0.1, 0.15) is 39.6 Å². The molecule has 2 amide bonds. The van der Waals surface area contributed by atoms with Crippen LogP contribution in [0.25, 0.3) is 10.9 Å². The minimum Gasteiger partial charge on any atom is -0.358 e. The molecule has 31 heavy (non-hydrogen) atoms. The van der Waals surface area contributed by atoms with Crippen molar-refractivity contribution in [2.45, 2.75) is 19.4 Å². The van der Waals surface area contributed by atoms with Gasteiger partial charge in [0.2, 0.25) is 5.91 Å². The first-order chi connectivity index (χ1) is 15.0. The third kappa shape index (κ3) is 3.41. The molecule has 5 rings (SSSR count). The average Bonchev–Trinajstić information content (AvgIpc) is 3.25. The van der Waals surface area contributed by atoms with Crippen LogP contribution in [0.5, 0.6) is 0 Å². The van der Waals surface area contributed by atoms with Crippen molar-refractivity contribution in [2.24, 2.45) is 0 Å². The van der Waals surface area contributed by atoms with E-state index in [9.17, 15) is 9.59 Å². The van der Waals surface area contributed by atoms with Gasteiger partial charge in [0, 0.05) is 66.9 Å². The van der Waals surface area contributed by atoms with Gasteiger partial charge in [0.1, 0.15) is 0 Å². The van der Waals surface area contributed by atoms with Crippen molar-refractivity contribution < 1.29 is 9.59 Å². The van der Waals surface area contributed by atoms with Crippen molar-refractivity contribution in [2.75, 3.05) is 39.8 Å². The van der Waals surface area contributed by atoms with E-state index in [0.29, 0.717) is 13.0 Å². The highest BCUT2D eigenvalue weighted by atomic mass is 16.2. The molecule has 160 valence electrons. The van der Waals surface area contributed by atoms with Gasteiger partial charge in [-0.2, -0.15) is 0 Å². The SMILES string of the molecule is Cc1[nH]c2ccccc2c1[C@@H]1c2ccccc2C(=O)N1CCC(=O)N1CCN(C)CC1. The van der Waals surface area contributed by atoms with Gasteiger partial charge in [-0.25, -0.2) is 0 Å². The van der Waals surface area contributed by atoms with Crippen LogP contribution in [0.3, 0.4) is 0 Å². The second-order valence-corrected chi connectivity index (χ2v) is 8.63. The normalized spacial score (nSPS) is 19.3. The van der Waals surface area contributed by atoms with Crippen LogP contribution in [-0.2, 0) is 4.79 Å². The van der Waals surface area contributed by atoms with Crippen LogP contribution in [0, 0.1) is 6.92 Å². The number of benzene rings is 2. The Kier molecular flexibility index (Phi) is 5.02. The minimum absolute atomic E-state index is 0.0106. The molecule has 3 heterocycles. The fraction of sp³-hybridized carbons (Fsp3) is 0.360. The number of aromatic amines is 1. The number of nitrogens with one attached hydrogen (secondary N) is 1. The molecule has 1 saturated heterocycles. The molecule has 2 aliphatic rings. The van der Waals surface area contributed by atoms with E-state index in [2.05, 4.69) is 36.0 Å². The first kappa shape index (κ1) is 19.8. The smallest absolute Gasteiger partial charge is 0.255 e. The number of nitrogens with zero attached hydrogens (tertiary/aromatic N) is 3. The number of rotatable bonds is 4. The Morgan fingerprint density at radius 1 is 1.03 bits per heavy atom. The molecule has 1 atom stereocenters. The van der Waals surface area contributed by atoms with Gasteiger partial charge in [-0.15, -0.1) is 0 Å². The lowest BCUT2D eigenvalue weighted by atomic mass is 9.95. The Labute approximate surface area is 182 Å². The zero-order valence-corrected chi connectivity index (χ0v) is 18.1. The number of H-pyrrole nitrogens is 1. The zero-order valence-electron chi connectivity index (χ0n) is 18.1. The highest BCUT2D eigenvalue weighted by Crippen LogP contribution is 2.42. The maximum atomic E-state index is 13.4. The van der Waals surface area contributed by atoms with E-state index in [1.807, 2.05) is 46.2 Å². The number of hydrogen-bond donors (Lipinski definition) is 1. The van der Waals surface area contributed by atoms with Gasteiger partial charge in [-0.1, -0.05) is 36.4 Å². The van der Waals surface area contributed by atoms with E-state index in [4.69, 9.17) is 0 Å². The summed E-state index contributed by atoms with van der Waals surface area (Å²) in [5.41, 5.74) is 5.02. The number of hydrogen-bond acceptors (Lipinski definition) is 3. The van der Waals surface area contributed by atoms with E-state index >= 15 is 0 Å². The average molecular weight is 417 g/mol. The van der Waals surface area contributed by atoms with E-state index in [1.54, 1.807) is 0 Å². The van der Waals surface area contributed by atoms with Gasteiger partial charge >= 0.3 is 0 Å².